The van der Waals surface area contributed by atoms with E-state index < -0.39 is 83.5 Å². The zero-order valence-electron chi connectivity index (χ0n) is 13.8. The molecule has 15 nitrogen and oxygen atoms in total. The number of carbonyl (C=O) groups is 1. The third-order valence-electron chi connectivity index (χ3n) is 3.99. The summed E-state index contributed by atoms with van der Waals surface area (Å²) < 4.78 is 47.0. The van der Waals surface area contributed by atoms with Crippen LogP contribution in [0.1, 0.15) is 0 Å². The molecule has 0 aromatic carbocycles. The van der Waals surface area contributed by atoms with Crippen molar-refractivity contribution in [2.45, 2.75) is 49.1 Å². The molecule has 0 aromatic heterocycles. The molecule has 28 heavy (non-hydrogen) atoms. The lowest BCUT2D eigenvalue weighted by atomic mass is 9.97. The van der Waals surface area contributed by atoms with Gasteiger partial charge in [-0.25, -0.2) is 4.79 Å². The van der Waals surface area contributed by atoms with Crippen LogP contribution >= 0.6 is 0 Å². The molecule has 2 unspecified atom stereocenters. The van der Waals surface area contributed by atoms with E-state index in [0.717, 1.165) is 0 Å². The molecule has 2 rings (SSSR count). The first-order chi connectivity index (χ1) is 12.9. The van der Waals surface area contributed by atoms with Crippen molar-refractivity contribution in [1.29, 1.82) is 0 Å². The lowest BCUT2D eigenvalue weighted by Crippen LogP contribution is -2.66. The average Bonchev–Trinajstić information content (AvgIpc) is 2.59. The highest BCUT2D eigenvalue weighted by molar-refractivity contribution is 7.83. The van der Waals surface area contributed by atoms with Gasteiger partial charge in [0.15, 0.2) is 12.0 Å². The standard InChI is InChI=1S/C12H19NO14S/c14-1-2-8(4(15)3(11(21)25-2)13-28(22,23)24)26-12-7(18)5(16)6(17)9(27-12)10(19)20/h2-5,7-8,11-18,21H,1H2,(H,19,20)(H,22,23,24)/t2-,3-,4-,5+,7-,8-,11?,12?/m1/s1. The van der Waals surface area contributed by atoms with Crippen LogP contribution in [-0.2, 0) is 29.3 Å². The predicted octanol–water partition coefficient (Wildman–Crippen LogP) is -4.86. The normalized spacial score (nSPS) is 39.5. The topological polar surface area (TPSA) is 253 Å². The summed E-state index contributed by atoms with van der Waals surface area (Å²) in [5, 5.41) is 67.5. The quantitative estimate of drug-likeness (QED) is 0.178. The SMILES string of the molecule is O=C(O)C1=C(O)[C@H](O)[C@@H](O)C(O[C@H]2[C@H](O)[C@@H](NS(=O)(=O)O)C(O)O[C@@H]2CO)O1. The minimum Gasteiger partial charge on any atom is -0.506 e. The molecule has 0 saturated carbocycles. The van der Waals surface area contributed by atoms with Gasteiger partial charge in [-0.15, -0.1) is 0 Å². The molecule has 0 aromatic rings. The maximum atomic E-state index is 11.0. The highest BCUT2D eigenvalue weighted by Gasteiger charge is 2.50. The molecule has 0 bridgehead atoms. The van der Waals surface area contributed by atoms with Crippen molar-refractivity contribution in [3.8, 4) is 0 Å². The second-order valence-electron chi connectivity index (χ2n) is 5.90. The summed E-state index contributed by atoms with van der Waals surface area (Å²) in [4.78, 5) is 11.0. The summed E-state index contributed by atoms with van der Waals surface area (Å²) in [6.07, 6.45) is -13.5. The Morgan fingerprint density at radius 2 is 1.79 bits per heavy atom. The smallest absolute Gasteiger partial charge is 0.375 e. The van der Waals surface area contributed by atoms with E-state index >= 15 is 0 Å². The van der Waals surface area contributed by atoms with Crippen LogP contribution in [0, 0.1) is 0 Å². The summed E-state index contributed by atoms with van der Waals surface area (Å²) in [5.41, 5.74) is 0. The number of ether oxygens (including phenoxy) is 3. The van der Waals surface area contributed by atoms with Gasteiger partial charge in [-0.2, -0.15) is 13.1 Å². The Morgan fingerprint density at radius 1 is 1.18 bits per heavy atom. The Kier molecular flexibility index (Phi) is 6.82. The van der Waals surface area contributed by atoms with Gasteiger partial charge in [-0.1, -0.05) is 0 Å². The van der Waals surface area contributed by atoms with E-state index in [2.05, 4.69) is 0 Å². The number of aliphatic hydroxyl groups is 6. The lowest BCUT2D eigenvalue weighted by molar-refractivity contribution is -0.308. The molecule has 2 aliphatic rings. The molecule has 0 spiro atoms. The molecule has 0 amide bonds. The van der Waals surface area contributed by atoms with Gasteiger partial charge in [0.05, 0.1) is 6.61 Å². The third-order valence-corrected chi connectivity index (χ3v) is 4.56. The Bertz CT molecular complexity index is 724. The highest BCUT2D eigenvalue weighted by Crippen LogP contribution is 2.29. The van der Waals surface area contributed by atoms with Crippen LogP contribution in [0.5, 0.6) is 0 Å². The lowest BCUT2D eigenvalue weighted by Gasteiger charge is -2.44. The van der Waals surface area contributed by atoms with Crippen molar-refractivity contribution in [2.24, 2.45) is 0 Å². The maximum Gasteiger partial charge on any atom is 0.375 e. The number of carboxylic acid groups (broad SMARTS) is 1. The first-order valence-electron chi connectivity index (χ1n) is 7.59. The molecule has 16 heteroatoms. The fourth-order valence-electron chi connectivity index (χ4n) is 2.66. The van der Waals surface area contributed by atoms with Crippen LogP contribution in [-0.4, -0.2) is 110 Å². The highest BCUT2D eigenvalue weighted by atomic mass is 32.2. The van der Waals surface area contributed by atoms with E-state index in [9.17, 15) is 43.9 Å². The minimum absolute atomic E-state index is 0.893. The van der Waals surface area contributed by atoms with Gasteiger partial charge in [0.25, 0.3) is 0 Å². The molecule has 162 valence electrons. The van der Waals surface area contributed by atoms with E-state index in [-0.39, 0.29) is 0 Å². The first kappa shape index (κ1) is 22.7. The van der Waals surface area contributed by atoms with E-state index in [4.69, 9.17) is 23.9 Å². The fourth-order valence-corrected chi connectivity index (χ4v) is 3.26. The summed E-state index contributed by atoms with van der Waals surface area (Å²) in [5.74, 6) is -4.18. The number of nitrogens with one attached hydrogen (secondary N) is 1. The second-order valence-corrected chi connectivity index (χ2v) is 7.08. The largest absolute Gasteiger partial charge is 0.506 e. The van der Waals surface area contributed by atoms with Crippen molar-refractivity contribution in [3.63, 3.8) is 0 Å². The van der Waals surface area contributed by atoms with Gasteiger partial charge in [0, 0.05) is 0 Å². The molecular weight excluding hydrogens is 414 g/mol. The van der Waals surface area contributed by atoms with Gasteiger partial charge in [-0.05, 0) is 0 Å². The molecule has 9 N–H and O–H groups in total. The second kappa shape index (κ2) is 8.41. The Morgan fingerprint density at radius 3 is 2.29 bits per heavy atom. The van der Waals surface area contributed by atoms with Gasteiger partial charge in [-0.3, -0.25) is 4.55 Å². The Hall–Kier alpha value is -1.60. The predicted molar refractivity (Wildman–Crippen MR) is 81.5 cm³/mol. The molecule has 0 aliphatic carbocycles. The number of hydrogen-bond donors (Lipinski definition) is 9. The number of aliphatic hydroxyl groups excluding tert-OH is 6. The molecule has 0 radical (unpaired) electrons. The molecule has 1 fully saturated rings. The summed E-state index contributed by atoms with van der Waals surface area (Å²) in [7, 11) is -4.92. The van der Waals surface area contributed by atoms with E-state index in [1.54, 1.807) is 0 Å². The first-order valence-corrected chi connectivity index (χ1v) is 9.03. The van der Waals surface area contributed by atoms with Gasteiger partial charge in [0.1, 0.15) is 36.6 Å². The third kappa shape index (κ3) is 4.69. The number of carboxylic acids is 1. The molecule has 8 atom stereocenters. The number of aliphatic carboxylic acids is 1. The van der Waals surface area contributed by atoms with E-state index in [1.165, 1.54) is 4.72 Å². The van der Waals surface area contributed by atoms with Gasteiger partial charge in [0.2, 0.25) is 12.0 Å². The van der Waals surface area contributed by atoms with Gasteiger partial charge < -0.3 is 50.0 Å². The molecular formula is C12H19NO14S. The summed E-state index contributed by atoms with van der Waals surface area (Å²) >= 11 is 0. The summed E-state index contributed by atoms with van der Waals surface area (Å²) in [6.45, 7) is -0.893. The van der Waals surface area contributed by atoms with Crippen LogP contribution in [0.25, 0.3) is 0 Å². The molecule has 1 saturated heterocycles. The van der Waals surface area contributed by atoms with Crippen molar-refractivity contribution < 1.29 is 67.7 Å². The van der Waals surface area contributed by atoms with Crippen molar-refractivity contribution in [2.75, 3.05) is 6.61 Å². The van der Waals surface area contributed by atoms with Gasteiger partial charge >= 0.3 is 16.3 Å². The zero-order chi connectivity index (χ0) is 21.4. The van der Waals surface area contributed by atoms with Crippen LogP contribution in [0.15, 0.2) is 11.5 Å². The van der Waals surface area contributed by atoms with Crippen LogP contribution in [0.3, 0.4) is 0 Å². The maximum absolute atomic E-state index is 11.0. The van der Waals surface area contributed by atoms with Crippen LogP contribution in [0.2, 0.25) is 0 Å². The van der Waals surface area contributed by atoms with Crippen LogP contribution < -0.4 is 4.72 Å². The molecule has 2 heterocycles. The Labute approximate surface area is 156 Å². The number of hydrogen-bond acceptors (Lipinski definition) is 12. The monoisotopic (exact) mass is 433 g/mol. The van der Waals surface area contributed by atoms with Crippen molar-refractivity contribution in [1.82, 2.24) is 4.72 Å². The number of rotatable bonds is 6. The van der Waals surface area contributed by atoms with Crippen LogP contribution in [0.4, 0.5) is 0 Å². The van der Waals surface area contributed by atoms with E-state index in [0.29, 0.717) is 0 Å². The minimum atomic E-state index is -4.92. The van der Waals surface area contributed by atoms with Crippen molar-refractivity contribution in [3.05, 3.63) is 11.5 Å². The van der Waals surface area contributed by atoms with Crippen molar-refractivity contribution >= 4 is 16.3 Å². The fraction of sp³-hybridized carbons (Fsp3) is 0.750. The van der Waals surface area contributed by atoms with E-state index in [1.807, 2.05) is 0 Å². The summed E-state index contributed by atoms with van der Waals surface area (Å²) in [6, 6.07) is -1.89. The Balaban J connectivity index is 2.27. The zero-order valence-corrected chi connectivity index (χ0v) is 14.6. The molecule has 2 aliphatic heterocycles. The average molecular weight is 433 g/mol.